The predicted octanol–water partition coefficient (Wildman–Crippen LogP) is 2.19. The van der Waals surface area contributed by atoms with Crippen molar-refractivity contribution in [2.24, 2.45) is 0 Å². The third-order valence-electron chi connectivity index (χ3n) is 6.09. The van der Waals surface area contributed by atoms with Gasteiger partial charge in [0.15, 0.2) is 0 Å². The Balaban J connectivity index is 1.42. The molecule has 2 aliphatic heterocycles. The van der Waals surface area contributed by atoms with E-state index in [1.807, 2.05) is 0 Å². The maximum Gasteiger partial charge on any atom is 0.255 e. The average molecular weight is 468 g/mol. The smallest absolute Gasteiger partial charge is 0.255 e. The van der Waals surface area contributed by atoms with Crippen LogP contribution in [0.1, 0.15) is 28.8 Å². The van der Waals surface area contributed by atoms with Gasteiger partial charge in [-0.3, -0.25) is 14.3 Å². The second kappa shape index (κ2) is 8.82. The fraction of sp³-hybridized carbons (Fsp3) is 0.304. The van der Waals surface area contributed by atoms with Crippen LogP contribution in [-0.2, 0) is 17.9 Å². The Kier molecular flexibility index (Phi) is 5.70. The highest BCUT2D eigenvalue weighted by molar-refractivity contribution is 6.03. The quantitative estimate of drug-likeness (QED) is 0.511. The molecule has 1 fully saturated rings. The van der Waals surface area contributed by atoms with Gasteiger partial charge in [0.05, 0.1) is 41.4 Å². The molecule has 3 aromatic rings. The Labute approximate surface area is 193 Å². The lowest BCUT2D eigenvalue weighted by atomic mass is 10.0. The summed E-state index contributed by atoms with van der Waals surface area (Å²) in [4.78, 5) is 31.0. The van der Waals surface area contributed by atoms with E-state index >= 15 is 0 Å². The fourth-order valence-corrected chi connectivity index (χ4v) is 4.45. The number of nitrogens with zero attached hydrogens (tertiary/aromatic N) is 4. The molecule has 176 valence electrons. The number of benzene rings is 1. The van der Waals surface area contributed by atoms with Crippen LogP contribution in [0.3, 0.4) is 0 Å². The molecule has 2 amide bonds. The molecule has 3 N–H and O–H groups in total. The number of hydrogen-bond donors (Lipinski definition) is 3. The molecule has 2 aromatic heterocycles. The van der Waals surface area contributed by atoms with E-state index < -0.39 is 11.6 Å². The van der Waals surface area contributed by atoms with Crippen molar-refractivity contribution in [3.63, 3.8) is 0 Å². The van der Waals surface area contributed by atoms with Crippen LogP contribution < -0.4 is 10.6 Å². The van der Waals surface area contributed by atoms with E-state index in [2.05, 4.69) is 20.7 Å². The Morgan fingerprint density at radius 3 is 2.82 bits per heavy atom. The van der Waals surface area contributed by atoms with Crippen molar-refractivity contribution in [2.45, 2.75) is 32.0 Å². The van der Waals surface area contributed by atoms with Crippen molar-refractivity contribution in [3.05, 3.63) is 59.4 Å². The van der Waals surface area contributed by atoms with Crippen LogP contribution in [0.5, 0.6) is 0 Å². The zero-order valence-corrected chi connectivity index (χ0v) is 18.1. The van der Waals surface area contributed by atoms with Crippen molar-refractivity contribution in [3.8, 4) is 11.3 Å². The van der Waals surface area contributed by atoms with Gasteiger partial charge >= 0.3 is 0 Å². The van der Waals surface area contributed by atoms with Gasteiger partial charge in [0.1, 0.15) is 24.0 Å². The number of fused-ring (bicyclic) bond motifs is 1. The number of halogens is 2. The van der Waals surface area contributed by atoms with Crippen molar-refractivity contribution in [2.75, 3.05) is 18.5 Å². The lowest BCUT2D eigenvalue weighted by Gasteiger charge is -2.22. The maximum atomic E-state index is 14.4. The lowest BCUT2D eigenvalue weighted by Crippen LogP contribution is -2.39. The van der Waals surface area contributed by atoms with Crippen LogP contribution in [0.4, 0.5) is 20.3 Å². The first-order valence-electron chi connectivity index (χ1n) is 10.9. The zero-order valence-electron chi connectivity index (χ0n) is 18.1. The summed E-state index contributed by atoms with van der Waals surface area (Å²) < 4.78 is 30.2. The highest BCUT2D eigenvalue weighted by Crippen LogP contribution is 2.32. The number of rotatable bonds is 6. The van der Waals surface area contributed by atoms with Crippen molar-refractivity contribution >= 4 is 23.3 Å². The van der Waals surface area contributed by atoms with Crippen molar-refractivity contribution in [1.29, 1.82) is 0 Å². The van der Waals surface area contributed by atoms with Gasteiger partial charge in [0.2, 0.25) is 5.91 Å². The van der Waals surface area contributed by atoms with Crippen molar-refractivity contribution < 1.29 is 23.5 Å². The molecule has 0 saturated carbocycles. The molecule has 34 heavy (non-hydrogen) atoms. The van der Waals surface area contributed by atoms with Gasteiger partial charge in [-0.15, -0.1) is 0 Å². The minimum absolute atomic E-state index is 0.00925. The lowest BCUT2D eigenvalue weighted by molar-refractivity contribution is -0.133. The van der Waals surface area contributed by atoms with Gasteiger partial charge in [0, 0.05) is 19.3 Å². The predicted molar refractivity (Wildman–Crippen MR) is 118 cm³/mol. The summed E-state index contributed by atoms with van der Waals surface area (Å²) in [6.07, 6.45) is 4.67. The number of pyridine rings is 1. The van der Waals surface area contributed by atoms with E-state index in [1.54, 1.807) is 11.1 Å². The molecule has 2 aliphatic rings. The summed E-state index contributed by atoms with van der Waals surface area (Å²) in [5, 5.41) is 19.3. The normalized spacial score (nSPS) is 17.1. The molecular formula is C23H22F2N6O3. The van der Waals surface area contributed by atoms with Gasteiger partial charge < -0.3 is 20.6 Å². The number of aliphatic hydroxyl groups is 1. The van der Waals surface area contributed by atoms with E-state index in [4.69, 9.17) is 0 Å². The number of likely N-dealkylation sites (tertiary alicyclic amines) is 1. The van der Waals surface area contributed by atoms with Gasteiger partial charge in [-0.2, -0.15) is 5.10 Å². The molecule has 1 saturated heterocycles. The molecule has 4 heterocycles. The molecule has 11 heteroatoms. The molecular weight excluding hydrogens is 446 g/mol. The molecule has 1 unspecified atom stereocenters. The van der Waals surface area contributed by atoms with Crippen molar-refractivity contribution in [1.82, 2.24) is 25.0 Å². The fourth-order valence-electron chi connectivity index (χ4n) is 4.45. The van der Waals surface area contributed by atoms with Crippen LogP contribution in [0.25, 0.3) is 11.3 Å². The van der Waals surface area contributed by atoms with E-state index in [0.29, 0.717) is 17.8 Å². The number of aromatic nitrogens is 3. The number of amides is 2. The number of carbonyl (C=O) groups excluding carboxylic acids is 2. The van der Waals surface area contributed by atoms with Crippen LogP contribution in [0.2, 0.25) is 0 Å². The number of hydrogen-bond acceptors (Lipinski definition) is 6. The first-order chi connectivity index (χ1) is 16.4. The maximum absolute atomic E-state index is 14.4. The third kappa shape index (κ3) is 3.98. The van der Waals surface area contributed by atoms with Gasteiger partial charge in [-0.05, 0) is 36.6 Å². The Morgan fingerprint density at radius 2 is 2.06 bits per heavy atom. The summed E-state index contributed by atoms with van der Waals surface area (Å²) in [5.41, 5.74) is 1.07. The minimum atomic E-state index is -0.759. The Bertz CT molecular complexity index is 1260. The highest BCUT2D eigenvalue weighted by atomic mass is 19.1. The van der Waals surface area contributed by atoms with Crippen LogP contribution >= 0.6 is 0 Å². The monoisotopic (exact) mass is 468 g/mol. The Hall–Kier alpha value is -3.86. The molecule has 5 rings (SSSR count). The summed E-state index contributed by atoms with van der Waals surface area (Å²) in [6.45, 7) is 0.727. The van der Waals surface area contributed by atoms with E-state index in [0.717, 1.165) is 25.0 Å². The molecule has 9 nitrogen and oxygen atoms in total. The third-order valence-corrected chi connectivity index (χ3v) is 6.09. The first-order valence-corrected chi connectivity index (χ1v) is 10.9. The topological polar surface area (TPSA) is 112 Å². The molecule has 0 bridgehead atoms. The summed E-state index contributed by atoms with van der Waals surface area (Å²) in [5.74, 6) is -1.88. The number of anilines is 2. The van der Waals surface area contributed by atoms with E-state index in [-0.39, 0.29) is 60.2 Å². The number of carbonyl (C=O) groups is 2. The Morgan fingerprint density at radius 1 is 1.26 bits per heavy atom. The van der Waals surface area contributed by atoms with Gasteiger partial charge in [-0.1, -0.05) is 6.07 Å². The number of aliphatic hydroxyl groups excluding tert-OH is 1. The largest absolute Gasteiger partial charge is 0.394 e. The molecule has 1 atom stereocenters. The molecule has 0 spiro atoms. The first kappa shape index (κ1) is 22.0. The summed E-state index contributed by atoms with van der Waals surface area (Å²) in [7, 11) is 0. The zero-order chi connectivity index (χ0) is 23.8. The SMILES string of the molecule is O=C1NCc2cc(-c3c(F)cccc3F)nc(Nc3cnn(CC(=O)N4CCCC4CO)c3)c21. The molecule has 1 aromatic carbocycles. The van der Waals surface area contributed by atoms with Gasteiger partial charge in [-0.25, -0.2) is 13.8 Å². The standard InChI is InChI=1S/C23H22F2N6O3/c24-16-4-1-5-17(25)21(16)18-7-13-8-26-23(34)20(13)22(29-18)28-14-9-27-30(10-14)11-19(33)31-6-2-3-15(31)12-32/h1,4-5,7,9-10,15,32H,2-3,6,8,11-12H2,(H,26,34)(H,28,29). The molecule has 0 radical (unpaired) electrons. The number of nitrogens with one attached hydrogen (secondary N) is 2. The van der Waals surface area contributed by atoms with E-state index in [1.165, 1.54) is 23.0 Å². The second-order valence-electron chi connectivity index (χ2n) is 8.29. The summed E-state index contributed by atoms with van der Waals surface area (Å²) in [6, 6.07) is 4.88. The summed E-state index contributed by atoms with van der Waals surface area (Å²) >= 11 is 0. The van der Waals surface area contributed by atoms with Crippen LogP contribution in [0, 0.1) is 11.6 Å². The van der Waals surface area contributed by atoms with Crippen LogP contribution in [0.15, 0.2) is 36.7 Å². The average Bonchev–Trinajstić information content (AvgIpc) is 3.54. The van der Waals surface area contributed by atoms with Gasteiger partial charge in [0.25, 0.3) is 5.91 Å². The molecule has 0 aliphatic carbocycles. The van der Waals surface area contributed by atoms with Crippen LogP contribution in [-0.4, -0.2) is 55.8 Å². The van der Waals surface area contributed by atoms with E-state index in [9.17, 15) is 23.5 Å². The highest BCUT2D eigenvalue weighted by Gasteiger charge is 2.29. The minimum Gasteiger partial charge on any atom is -0.394 e. The second-order valence-corrected chi connectivity index (χ2v) is 8.29.